The maximum absolute atomic E-state index is 6.70. The van der Waals surface area contributed by atoms with Gasteiger partial charge in [0.15, 0.2) is 6.62 Å². The van der Waals surface area contributed by atoms with Gasteiger partial charge in [-0.1, -0.05) is 36.4 Å². The maximum Gasteiger partial charge on any atom is 0.175 e. The van der Waals surface area contributed by atoms with Crippen molar-refractivity contribution in [2.24, 2.45) is 0 Å². The summed E-state index contributed by atoms with van der Waals surface area (Å²) < 4.78 is 0. The van der Waals surface area contributed by atoms with Crippen LogP contribution in [0.5, 0.6) is 0 Å². The van der Waals surface area contributed by atoms with Crippen molar-refractivity contribution in [3.63, 3.8) is 0 Å². The van der Waals surface area contributed by atoms with Crippen LogP contribution in [0.15, 0.2) is 60.7 Å². The minimum atomic E-state index is -1.68. The zero-order chi connectivity index (χ0) is 10.7. The molecule has 2 aromatic rings. The van der Waals surface area contributed by atoms with E-state index in [9.17, 15) is 0 Å². The van der Waals surface area contributed by atoms with E-state index in [4.69, 9.17) is 11.2 Å². The Hall–Kier alpha value is -0.321. The van der Waals surface area contributed by atoms with Gasteiger partial charge >= 0.3 is 0 Å². The van der Waals surface area contributed by atoms with Crippen molar-refractivity contribution in [1.82, 2.24) is 0 Å². The predicted octanol–water partition coefficient (Wildman–Crippen LogP) is 3.44. The van der Waals surface area contributed by atoms with Crippen LogP contribution in [0.1, 0.15) is 0 Å². The second-order valence-corrected chi connectivity index (χ2v) is 8.42. The summed E-state index contributed by atoms with van der Waals surface area (Å²) in [6.45, 7) is 0.463. The molecule has 0 aliphatic heterocycles. The standard InChI is InChI=1S/C13H13ClP.Cu/c1-15(14,12-8-4-2-5-9-12)13-10-6-3-7-11-13;/h2-11H,1H3;/q+1;. The second kappa shape index (κ2) is 5.84. The predicted molar refractivity (Wildman–Crippen MR) is 70.8 cm³/mol. The van der Waals surface area contributed by atoms with E-state index in [1.807, 2.05) is 36.4 Å². The molecule has 0 heterocycles. The first-order valence-corrected chi connectivity index (χ1v) is 8.03. The Kier molecular flexibility index (Phi) is 5.02. The van der Waals surface area contributed by atoms with Crippen LogP contribution in [-0.2, 0) is 17.1 Å². The Labute approximate surface area is 113 Å². The van der Waals surface area contributed by atoms with Crippen molar-refractivity contribution in [3.8, 4) is 0 Å². The smallest absolute Gasteiger partial charge is 0.0620 e. The number of hydrogen-bond donors (Lipinski definition) is 0. The van der Waals surface area contributed by atoms with Crippen LogP contribution in [0.4, 0.5) is 0 Å². The fourth-order valence-corrected chi connectivity index (χ4v) is 4.00. The molecule has 87 valence electrons. The molecule has 0 amide bonds. The molecule has 0 nitrogen and oxygen atoms in total. The SMILES string of the molecule is C[P+](Cl)(c1ccccc1)c1ccccc1.[Cu]. The van der Waals surface area contributed by atoms with Crippen LogP contribution in [-0.4, -0.2) is 6.66 Å². The van der Waals surface area contributed by atoms with E-state index in [2.05, 4.69) is 30.9 Å². The van der Waals surface area contributed by atoms with E-state index in [1.54, 1.807) is 0 Å². The second-order valence-electron chi connectivity index (χ2n) is 3.57. The van der Waals surface area contributed by atoms with Gasteiger partial charge in [0, 0.05) is 17.1 Å². The van der Waals surface area contributed by atoms with Gasteiger partial charge in [0.2, 0.25) is 0 Å². The minimum absolute atomic E-state index is 0. The minimum Gasteiger partial charge on any atom is -0.0620 e. The van der Waals surface area contributed by atoms with Crippen LogP contribution in [0.25, 0.3) is 0 Å². The summed E-state index contributed by atoms with van der Waals surface area (Å²) in [5.41, 5.74) is 0. The molecule has 0 unspecified atom stereocenters. The molecule has 0 atom stereocenters. The van der Waals surface area contributed by atoms with Gasteiger partial charge in [-0.3, -0.25) is 0 Å². The van der Waals surface area contributed by atoms with Gasteiger partial charge in [-0.05, 0) is 24.3 Å². The summed E-state index contributed by atoms with van der Waals surface area (Å²) in [5, 5.41) is 2.47. The van der Waals surface area contributed by atoms with E-state index < -0.39 is 6.62 Å². The van der Waals surface area contributed by atoms with E-state index in [1.165, 1.54) is 10.6 Å². The van der Waals surface area contributed by atoms with Crippen LogP contribution < -0.4 is 10.6 Å². The first-order chi connectivity index (χ1) is 7.21. The Balaban J connectivity index is 0.00000128. The first kappa shape index (κ1) is 13.7. The molecule has 0 aliphatic rings. The Morgan fingerprint density at radius 1 is 0.750 bits per heavy atom. The van der Waals surface area contributed by atoms with Crippen molar-refractivity contribution in [3.05, 3.63) is 60.7 Å². The normalized spacial score (nSPS) is 10.6. The summed E-state index contributed by atoms with van der Waals surface area (Å²) >= 11 is 6.70. The molecule has 0 saturated heterocycles. The quantitative estimate of drug-likeness (QED) is 0.589. The molecular weight excluding hydrogens is 286 g/mol. The van der Waals surface area contributed by atoms with E-state index >= 15 is 0 Å². The average Bonchev–Trinajstić information content (AvgIpc) is 2.31. The summed E-state index contributed by atoms with van der Waals surface area (Å²) in [6, 6.07) is 20.6. The van der Waals surface area contributed by atoms with Gasteiger partial charge in [0.1, 0.15) is 10.6 Å². The zero-order valence-corrected chi connectivity index (χ0v) is 11.5. The molecule has 0 saturated carbocycles. The third kappa shape index (κ3) is 2.87. The summed E-state index contributed by atoms with van der Waals surface area (Å²) in [5.74, 6) is 0. The zero-order valence-electron chi connectivity index (χ0n) is 8.90. The van der Waals surface area contributed by atoms with Crippen molar-refractivity contribution < 1.29 is 17.1 Å². The van der Waals surface area contributed by atoms with Crippen molar-refractivity contribution in [2.75, 3.05) is 6.66 Å². The molecule has 16 heavy (non-hydrogen) atoms. The molecule has 1 radical (unpaired) electrons. The summed E-state index contributed by atoms with van der Waals surface area (Å²) in [6.07, 6.45) is 0. The Bertz CT molecular complexity index is 387. The van der Waals surface area contributed by atoms with Crippen molar-refractivity contribution in [2.45, 2.75) is 0 Å². The average molecular weight is 299 g/mol. The number of hydrogen-bond acceptors (Lipinski definition) is 0. The fourth-order valence-electron chi connectivity index (χ4n) is 1.56. The molecule has 0 aromatic heterocycles. The van der Waals surface area contributed by atoms with Crippen LogP contribution in [0, 0.1) is 0 Å². The Morgan fingerprint density at radius 2 is 1.06 bits per heavy atom. The Morgan fingerprint density at radius 3 is 1.38 bits per heavy atom. The van der Waals surface area contributed by atoms with Gasteiger partial charge in [-0.15, -0.1) is 0 Å². The topological polar surface area (TPSA) is 0 Å². The first-order valence-electron chi connectivity index (χ1n) is 4.88. The summed E-state index contributed by atoms with van der Waals surface area (Å²) in [4.78, 5) is 0. The third-order valence-corrected chi connectivity index (χ3v) is 6.19. The van der Waals surface area contributed by atoms with Gasteiger partial charge in [0.25, 0.3) is 0 Å². The van der Waals surface area contributed by atoms with E-state index in [0.29, 0.717) is 0 Å². The van der Waals surface area contributed by atoms with Gasteiger partial charge < -0.3 is 0 Å². The molecule has 0 aliphatic carbocycles. The van der Waals surface area contributed by atoms with Gasteiger partial charge in [-0.2, -0.15) is 0 Å². The third-order valence-electron chi connectivity index (χ3n) is 2.48. The summed E-state index contributed by atoms with van der Waals surface area (Å²) in [7, 11) is 0. The fraction of sp³-hybridized carbons (Fsp3) is 0.0769. The van der Waals surface area contributed by atoms with Gasteiger partial charge in [-0.25, -0.2) is 0 Å². The monoisotopic (exact) mass is 298 g/mol. The largest absolute Gasteiger partial charge is 0.175 e. The number of benzene rings is 2. The molecule has 2 aromatic carbocycles. The molecular formula is C13H13ClCuP+. The molecule has 3 heteroatoms. The molecule has 0 fully saturated rings. The van der Waals surface area contributed by atoms with Crippen LogP contribution in [0.3, 0.4) is 0 Å². The molecule has 0 bridgehead atoms. The molecule has 2 rings (SSSR count). The number of rotatable bonds is 2. The van der Waals surface area contributed by atoms with E-state index in [-0.39, 0.29) is 17.1 Å². The van der Waals surface area contributed by atoms with Crippen molar-refractivity contribution in [1.29, 1.82) is 0 Å². The van der Waals surface area contributed by atoms with Crippen LogP contribution >= 0.6 is 17.9 Å². The number of halogens is 1. The van der Waals surface area contributed by atoms with Gasteiger partial charge in [0.05, 0.1) is 17.9 Å². The van der Waals surface area contributed by atoms with Crippen LogP contribution in [0.2, 0.25) is 0 Å². The molecule has 0 N–H and O–H groups in total. The van der Waals surface area contributed by atoms with Crippen molar-refractivity contribution >= 4 is 28.5 Å². The van der Waals surface area contributed by atoms with E-state index in [0.717, 1.165) is 0 Å². The molecule has 0 spiro atoms. The maximum atomic E-state index is 6.70.